The zero-order valence-corrected chi connectivity index (χ0v) is 15.8. The van der Waals surface area contributed by atoms with Crippen LogP contribution in [0.15, 0.2) is 36.4 Å². The van der Waals surface area contributed by atoms with Gasteiger partial charge in [0, 0.05) is 6.54 Å². The van der Waals surface area contributed by atoms with Gasteiger partial charge in [-0.2, -0.15) is 0 Å². The molecule has 6 heteroatoms. The van der Waals surface area contributed by atoms with E-state index in [2.05, 4.69) is 10.6 Å². The van der Waals surface area contributed by atoms with Crippen molar-refractivity contribution >= 4 is 24.0 Å². The second-order valence-corrected chi connectivity index (χ2v) is 6.53. The molecule has 0 atom stereocenters. The number of hydrogen-bond acceptors (Lipinski definition) is 3. The fourth-order valence-corrected chi connectivity index (χ4v) is 3.01. The normalized spacial score (nSPS) is 12.9. The van der Waals surface area contributed by atoms with E-state index in [0.29, 0.717) is 18.5 Å². The minimum absolute atomic E-state index is 0. The van der Waals surface area contributed by atoms with E-state index in [-0.39, 0.29) is 42.3 Å². The van der Waals surface area contributed by atoms with Gasteiger partial charge in [0.25, 0.3) is 0 Å². The average Bonchev–Trinajstić information content (AvgIpc) is 2.57. The molecule has 0 aromatic heterocycles. The van der Waals surface area contributed by atoms with Crippen LogP contribution in [0.2, 0.25) is 0 Å². The first-order valence-electron chi connectivity index (χ1n) is 8.59. The van der Waals surface area contributed by atoms with Crippen molar-refractivity contribution < 1.29 is 13.9 Å². The van der Waals surface area contributed by atoms with Crippen LogP contribution in [0, 0.1) is 5.82 Å². The van der Waals surface area contributed by atoms with E-state index >= 15 is 0 Å². The molecule has 140 valence electrons. The molecular formula is C20H24ClFN2O2. The summed E-state index contributed by atoms with van der Waals surface area (Å²) in [7, 11) is 0. The lowest BCUT2D eigenvalue weighted by atomic mass is 9.99. The summed E-state index contributed by atoms with van der Waals surface area (Å²) in [6.45, 7) is 5.33. The van der Waals surface area contributed by atoms with Crippen LogP contribution in [0.25, 0.3) is 0 Å². The number of carbonyl (C=O) groups is 1. The van der Waals surface area contributed by atoms with Gasteiger partial charge in [0.15, 0.2) is 0 Å². The van der Waals surface area contributed by atoms with Crippen LogP contribution in [0.5, 0.6) is 5.75 Å². The topological polar surface area (TPSA) is 50.4 Å². The molecule has 2 N–H and O–H groups in total. The second-order valence-electron chi connectivity index (χ2n) is 6.53. The fourth-order valence-electron chi connectivity index (χ4n) is 3.01. The van der Waals surface area contributed by atoms with Crippen molar-refractivity contribution in [1.29, 1.82) is 0 Å². The van der Waals surface area contributed by atoms with E-state index in [1.807, 2.05) is 44.2 Å². The van der Waals surface area contributed by atoms with Gasteiger partial charge >= 0.3 is 0 Å². The van der Waals surface area contributed by atoms with Crippen molar-refractivity contribution in [3.05, 3.63) is 58.9 Å². The van der Waals surface area contributed by atoms with Crippen LogP contribution in [0.3, 0.4) is 0 Å². The SMILES string of the molecule is CC(C)Oc1cccc(CC(=O)Nc2ccc3c(c2F)CCNC3)c1.Cl. The Morgan fingerprint density at radius 3 is 2.88 bits per heavy atom. The third kappa shape index (κ3) is 4.96. The average molecular weight is 379 g/mol. The van der Waals surface area contributed by atoms with Gasteiger partial charge in [-0.1, -0.05) is 18.2 Å². The summed E-state index contributed by atoms with van der Waals surface area (Å²) in [5.74, 6) is 0.173. The smallest absolute Gasteiger partial charge is 0.228 e. The van der Waals surface area contributed by atoms with E-state index in [1.165, 1.54) is 0 Å². The zero-order chi connectivity index (χ0) is 17.8. The Balaban J connectivity index is 0.00000243. The molecule has 0 spiro atoms. The maximum atomic E-state index is 14.6. The number of nitrogens with one attached hydrogen (secondary N) is 2. The van der Waals surface area contributed by atoms with Gasteiger partial charge < -0.3 is 15.4 Å². The number of fused-ring (bicyclic) bond motifs is 1. The molecule has 3 rings (SSSR count). The monoisotopic (exact) mass is 378 g/mol. The molecule has 26 heavy (non-hydrogen) atoms. The lowest BCUT2D eigenvalue weighted by Gasteiger charge is -2.19. The molecule has 0 aliphatic carbocycles. The van der Waals surface area contributed by atoms with Crippen LogP contribution < -0.4 is 15.4 Å². The quantitative estimate of drug-likeness (QED) is 0.830. The van der Waals surface area contributed by atoms with Gasteiger partial charge in [0.05, 0.1) is 18.2 Å². The number of halogens is 2. The molecular weight excluding hydrogens is 355 g/mol. The Bertz CT molecular complexity index is 780. The Morgan fingerprint density at radius 1 is 1.31 bits per heavy atom. The largest absolute Gasteiger partial charge is 0.491 e. The molecule has 0 radical (unpaired) electrons. The number of ether oxygens (including phenoxy) is 1. The summed E-state index contributed by atoms with van der Waals surface area (Å²) in [6.07, 6.45) is 0.885. The number of hydrogen-bond donors (Lipinski definition) is 2. The maximum Gasteiger partial charge on any atom is 0.228 e. The lowest BCUT2D eigenvalue weighted by Crippen LogP contribution is -2.25. The molecule has 1 amide bonds. The highest BCUT2D eigenvalue weighted by atomic mass is 35.5. The number of amides is 1. The summed E-state index contributed by atoms with van der Waals surface area (Å²) >= 11 is 0. The first-order valence-corrected chi connectivity index (χ1v) is 8.59. The predicted molar refractivity (Wildman–Crippen MR) is 104 cm³/mol. The Labute approximate surface area is 159 Å². The molecule has 0 bridgehead atoms. The van der Waals surface area contributed by atoms with Crippen molar-refractivity contribution in [2.45, 2.75) is 39.3 Å². The van der Waals surface area contributed by atoms with Crippen LogP contribution in [0.4, 0.5) is 10.1 Å². The Morgan fingerprint density at radius 2 is 2.12 bits per heavy atom. The van der Waals surface area contributed by atoms with Gasteiger partial charge in [-0.15, -0.1) is 12.4 Å². The van der Waals surface area contributed by atoms with Crippen LogP contribution >= 0.6 is 12.4 Å². The highest BCUT2D eigenvalue weighted by Crippen LogP contribution is 2.25. The van der Waals surface area contributed by atoms with Gasteiger partial charge in [-0.3, -0.25) is 4.79 Å². The van der Waals surface area contributed by atoms with E-state index in [0.717, 1.165) is 23.4 Å². The Hall–Kier alpha value is -2.11. The lowest BCUT2D eigenvalue weighted by molar-refractivity contribution is -0.115. The fraction of sp³-hybridized carbons (Fsp3) is 0.350. The molecule has 1 aliphatic rings. The van der Waals surface area contributed by atoms with E-state index < -0.39 is 0 Å². The van der Waals surface area contributed by atoms with Gasteiger partial charge in [0.2, 0.25) is 5.91 Å². The summed E-state index contributed by atoms with van der Waals surface area (Å²) in [4.78, 5) is 12.3. The number of anilines is 1. The van der Waals surface area contributed by atoms with E-state index in [9.17, 15) is 9.18 Å². The standard InChI is InChI=1S/C20H23FN2O2.ClH/c1-13(2)25-16-5-3-4-14(10-16)11-19(24)23-18-7-6-15-12-22-9-8-17(15)20(18)21;/h3-7,10,13,22H,8-9,11-12H2,1-2H3,(H,23,24);1H. The number of benzene rings is 2. The highest BCUT2D eigenvalue weighted by Gasteiger charge is 2.17. The molecule has 0 saturated heterocycles. The molecule has 2 aromatic carbocycles. The van der Waals surface area contributed by atoms with Crippen LogP contribution in [0.1, 0.15) is 30.5 Å². The van der Waals surface area contributed by atoms with Crippen molar-refractivity contribution in [3.63, 3.8) is 0 Å². The van der Waals surface area contributed by atoms with Gasteiger partial charge in [0.1, 0.15) is 11.6 Å². The maximum absolute atomic E-state index is 14.6. The molecule has 4 nitrogen and oxygen atoms in total. The summed E-state index contributed by atoms with van der Waals surface area (Å²) < 4.78 is 20.2. The van der Waals surface area contributed by atoms with Crippen molar-refractivity contribution in [3.8, 4) is 5.75 Å². The van der Waals surface area contributed by atoms with Gasteiger partial charge in [-0.05, 0) is 61.7 Å². The van der Waals surface area contributed by atoms with E-state index in [1.54, 1.807) is 6.07 Å². The third-order valence-electron chi connectivity index (χ3n) is 4.12. The molecule has 0 unspecified atom stereocenters. The molecule has 0 fully saturated rings. The first-order chi connectivity index (χ1) is 12.0. The number of carbonyl (C=O) groups excluding carboxylic acids is 1. The summed E-state index contributed by atoms with van der Waals surface area (Å²) in [5.41, 5.74) is 2.74. The summed E-state index contributed by atoms with van der Waals surface area (Å²) in [5, 5.41) is 5.91. The minimum Gasteiger partial charge on any atom is -0.491 e. The van der Waals surface area contributed by atoms with E-state index in [4.69, 9.17) is 4.74 Å². The minimum atomic E-state index is -0.316. The summed E-state index contributed by atoms with van der Waals surface area (Å²) in [6, 6.07) is 10.9. The van der Waals surface area contributed by atoms with Crippen LogP contribution in [-0.2, 0) is 24.2 Å². The molecule has 1 aliphatic heterocycles. The zero-order valence-electron chi connectivity index (χ0n) is 15.0. The highest BCUT2D eigenvalue weighted by molar-refractivity contribution is 5.92. The first kappa shape index (κ1) is 20.2. The molecule has 0 saturated carbocycles. The van der Waals surface area contributed by atoms with Crippen molar-refractivity contribution in [2.75, 3.05) is 11.9 Å². The van der Waals surface area contributed by atoms with Crippen molar-refractivity contribution in [2.24, 2.45) is 0 Å². The second kappa shape index (κ2) is 9.01. The number of rotatable bonds is 5. The predicted octanol–water partition coefficient (Wildman–Crippen LogP) is 3.86. The van der Waals surface area contributed by atoms with Gasteiger partial charge in [-0.25, -0.2) is 4.39 Å². The van der Waals surface area contributed by atoms with Crippen molar-refractivity contribution in [1.82, 2.24) is 5.32 Å². The molecule has 1 heterocycles. The Kier molecular flexibility index (Phi) is 7.00. The molecule has 2 aromatic rings. The third-order valence-corrected chi connectivity index (χ3v) is 4.12. The van der Waals surface area contributed by atoms with Crippen LogP contribution in [-0.4, -0.2) is 18.6 Å².